The molecule has 2 aromatic heterocycles. The lowest BCUT2D eigenvalue weighted by Gasteiger charge is -2.12. The summed E-state index contributed by atoms with van der Waals surface area (Å²) in [5.41, 5.74) is 9.63. The first-order chi connectivity index (χ1) is 15.4. The van der Waals surface area contributed by atoms with Gasteiger partial charge in [0, 0.05) is 29.7 Å². The number of nitrogens with two attached hydrogens (primary N) is 1. The maximum atomic E-state index is 13.4. The Labute approximate surface area is 188 Å². The van der Waals surface area contributed by atoms with Gasteiger partial charge in [0.25, 0.3) is 5.95 Å². The van der Waals surface area contributed by atoms with Gasteiger partial charge in [0.05, 0.1) is 35.5 Å². The Balaban J connectivity index is 1.55. The smallest absolute Gasteiger partial charge is 0.253 e. The third kappa shape index (κ3) is 4.68. The SMILES string of the molecule is COc1cc(NC(N)=Nc2nccc(-c3ccc(F)c(Cl)c3)n2)ccc1-n1cnc(C)c1. The summed E-state index contributed by atoms with van der Waals surface area (Å²) in [5.74, 6) is 0.366. The van der Waals surface area contributed by atoms with Gasteiger partial charge in [0.15, 0.2) is 0 Å². The molecule has 2 heterocycles. The zero-order valence-electron chi connectivity index (χ0n) is 17.3. The highest BCUT2D eigenvalue weighted by atomic mass is 35.5. The van der Waals surface area contributed by atoms with Gasteiger partial charge in [-0.05, 0) is 43.3 Å². The summed E-state index contributed by atoms with van der Waals surface area (Å²) in [5, 5.41) is 3.01. The Morgan fingerprint density at radius 3 is 2.75 bits per heavy atom. The first-order valence-corrected chi connectivity index (χ1v) is 9.89. The second-order valence-electron chi connectivity index (χ2n) is 6.80. The second kappa shape index (κ2) is 9.03. The third-order valence-corrected chi connectivity index (χ3v) is 4.81. The van der Waals surface area contributed by atoms with Crippen molar-refractivity contribution in [2.75, 3.05) is 12.4 Å². The molecule has 0 aliphatic carbocycles. The van der Waals surface area contributed by atoms with E-state index < -0.39 is 5.82 Å². The highest BCUT2D eigenvalue weighted by molar-refractivity contribution is 6.31. The molecule has 0 radical (unpaired) electrons. The number of halogens is 2. The van der Waals surface area contributed by atoms with Crippen molar-refractivity contribution in [2.45, 2.75) is 6.92 Å². The molecular formula is C22H19ClFN7O. The number of ether oxygens (including phenoxy) is 1. The predicted octanol–water partition coefficient (Wildman–Crippen LogP) is 4.50. The average molecular weight is 452 g/mol. The van der Waals surface area contributed by atoms with Crippen molar-refractivity contribution in [1.29, 1.82) is 0 Å². The molecule has 0 amide bonds. The summed E-state index contributed by atoms with van der Waals surface area (Å²) < 4.78 is 20.8. The number of guanidine groups is 1. The lowest BCUT2D eigenvalue weighted by atomic mass is 10.1. The van der Waals surface area contributed by atoms with E-state index in [1.54, 1.807) is 31.6 Å². The molecule has 10 heteroatoms. The fourth-order valence-electron chi connectivity index (χ4n) is 3.02. The van der Waals surface area contributed by atoms with Crippen molar-refractivity contribution >= 4 is 29.2 Å². The first-order valence-electron chi connectivity index (χ1n) is 9.51. The van der Waals surface area contributed by atoms with Crippen LogP contribution in [0.25, 0.3) is 16.9 Å². The van der Waals surface area contributed by atoms with Gasteiger partial charge in [-0.3, -0.25) is 0 Å². The average Bonchev–Trinajstić information content (AvgIpc) is 3.21. The van der Waals surface area contributed by atoms with E-state index >= 15 is 0 Å². The second-order valence-corrected chi connectivity index (χ2v) is 7.21. The lowest BCUT2D eigenvalue weighted by molar-refractivity contribution is 0.413. The van der Waals surface area contributed by atoms with Crippen LogP contribution in [0, 0.1) is 12.7 Å². The number of imidazole rings is 1. The van der Waals surface area contributed by atoms with Crippen molar-refractivity contribution in [3.8, 4) is 22.7 Å². The normalized spacial score (nSPS) is 11.4. The number of hydrogen-bond donors (Lipinski definition) is 2. The maximum Gasteiger partial charge on any atom is 0.253 e. The number of aliphatic imine (C=N–C) groups is 1. The minimum atomic E-state index is -0.499. The van der Waals surface area contributed by atoms with Crippen LogP contribution in [0.2, 0.25) is 5.02 Å². The molecule has 0 aliphatic heterocycles. The largest absolute Gasteiger partial charge is 0.494 e. The quantitative estimate of drug-likeness (QED) is 0.342. The zero-order valence-corrected chi connectivity index (χ0v) is 18.0. The summed E-state index contributed by atoms with van der Waals surface area (Å²) >= 11 is 5.86. The van der Waals surface area contributed by atoms with E-state index in [-0.39, 0.29) is 16.9 Å². The molecule has 162 valence electrons. The maximum absolute atomic E-state index is 13.4. The monoisotopic (exact) mass is 451 g/mol. The van der Waals surface area contributed by atoms with Crippen LogP contribution in [0.4, 0.5) is 16.0 Å². The van der Waals surface area contributed by atoms with Crippen LogP contribution in [-0.4, -0.2) is 32.6 Å². The number of methoxy groups -OCH3 is 1. The molecule has 4 rings (SSSR count). The van der Waals surface area contributed by atoms with Crippen LogP contribution in [0.5, 0.6) is 5.75 Å². The number of nitrogens with one attached hydrogen (secondary N) is 1. The summed E-state index contributed by atoms with van der Waals surface area (Å²) in [6.07, 6.45) is 5.16. The van der Waals surface area contributed by atoms with Gasteiger partial charge in [0.2, 0.25) is 5.96 Å². The van der Waals surface area contributed by atoms with Crippen molar-refractivity contribution in [3.05, 3.63) is 77.7 Å². The first kappa shape index (κ1) is 21.3. The number of rotatable bonds is 5. The standard InChI is InChI=1S/C22H19ClFN7O/c1-13-11-31(12-27-13)19-6-4-15(10-20(19)32-2)28-21(25)30-22-26-8-7-18(29-22)14-3-5-17(24)16(23)9-14/h3-12H,1-2H3,(H3,25,26,28,29,30). The molecule has 0 saturated heterocycles. The van der Waals surface area contributed by atoms with Crippen LogP contribution < -0.4 is 15.8 Å². The lowest BCUT2D eigenvalue weighted by Crippen LogP contribution is -2.22. The summed E-state index contributed by atoms with van der Waals surface area (Å²) in [7, 11) is 1.59. The van der Waals surface area contributed by atoms with Gasteiger partial charge >= 0.3 is 0 Å². The summed E-state index contributed by atoms with van der Waals surface area (Å²) in [4.78, 5) is 16.9. The molecule has 0 fully saturated rings. The molecule has 8 nitrogen and oxygen atoms in total. The van der Waals surface area contributed by atoms with Crippen LogP contribution in [0.1, 0.15) is 5.69 Å². The van der Waals surface area contributed by atoms with E-state index in [4.69, 9.17) is 22.1 Å². The van der Waals surface area contributed by atoms with Crippen molar-refractivity contribution < 1.29 is 9.13 Å². The topological polar surface area (TPSA) is 103 Å². The van der Waals surface area contributed by atoms with Gasteiger partial charge < -0.3 is 20.4 Å². The minimum absolute atomic E-state index is 0.00981. The number of aryl methyl sites for hydroxylation is 1. The Morgan fingerprint density at radius 1 is 1.19 bits per heavy atom. The number of aromatic nitrogens is 4. The Morgan fingerprint density at radius 2 is 2.03 bits per heavy atom. The molecule has 32 heavy (non-hydrogen) atoms. The van der Waals surface area contributed by atoms with E-state index in [2.05, 4.69) is 25.3 Å². The van der Waals surface area contributed by atoms with E-state index in [1.807, 2.05) is 29.8 Å². The number of hydrogen-bond acceptors (Lipinski definition) is 5. The van der Waals surface area contributed by atoms with Gasteiger partial charge in [-0.25, -0.2) is 19.3 Å². The van der Waals surface area contributed by atoms with E-state index in [0.717, 1.165) is 11.4 Å². The Bertz CT molecular complexity index is 1310. The molecule has 4 aromatic rings. The van der Waals surface area contributed by atoms with Crippen LogP contribution in [-0.2, 0) is 0 Å². The molecule has 0 unspecified atom stereocenters. The molecule has 0 spiro atoms. The van der Waals surface area contributed by atoms with Crippen molar-refractivity contribution in [3.63, 3.8) is 0 Å². The van der Waals surface area contributed by atoms with E-state index in [1.165, 1.54) is 18.3 Å². The number of benzene rings is 2. The molecule has 0 saturated carbocycles. The molecule has 2 aromatic carbocycles. The zero-order chi connectivity index (χ0) is 22.7. The van der Waals surface area contributed by atoms with Crippen molar-refractivity contribution in [2.24, 2.45) is 10.7 Å². The van der Waals surface area contributed by atoms with Crippen LogP contribution in [0.15, 0.2) is 66.2 Å². The van der Waals surface area contributed by atoms with E-state index in [0.29, 0.717) is 22.7 Å². The van der Waals surface area contributed by atoms with Crippen molar-refractivity contribution in [1.82, 2.24) is 19.5 Å². The molecule has 3 N–H and O–H groups in total. The molecule has 0 atom stereocenters. The molecule has 0 aliphatic rings. The van der Waals surface area contributed by atoms with Gasteiger partial charge in [-0.1, -0.05) is 11.6 Å². The Hall–Kier alpha value is -3.98. The van der Waals surface area contributed by atoms with Gasteiger partial charge in [0.1, 0.15) is 11.6 Å². The van der Waals surface area contributed by atoms with Gasteiger partial charge in [-0.2, -0.15) is 4.99 Å². The third-order valence-electron chi connectivity index (χ3n) is 4.52. The van der Waals surface area contributed by atoms with Gasteiger partial charge in [-0.15, -0.1) is 0 Å². The van der Waals surface area contributed by atoms with E-state index in [9.17, 15) is 4.39 Å². The highest BCUT2D eigenvalue weighted by Crippen LogP contribution is 2.27. The fourth-order valence-corrected chi connectivity index (χ4v) is 3.20. The fraction of sp³-hybridized carbons (Fsp3) is 0.0909. The number of nitrogens with zero attached hydrogens (tertiary/aromatic N) is 5. The number of anilines is 1. The highest BCUT2D eigenvalue weighted by Gasteiger charge is 2.09. The molecule has 0 bridgehead atoms. The summed E-state index contributed by atoms with van der Waals surface area (Å²) in [6.45, 7) is 1.91. The molecular weight excluding hydrogens is 433 g/mol. The minimum Gasteiger partial charge on any atom is -0.494 e. The van der Waals surface area contributed by atoms with Crippen LogP contribution in [0.3, 0.4) is 0 Å². The predicted molar refractivity (Wildman–Crippen MR) is 122 cm³/mol. The Kier molecular flexibility index (Phi) is 6.00. The van der Waals surface area contributed by atoms with Crippen LogP contribution >= 0.6 is 11.6 Å². The summed E-state index contributed by atoms with van der Waals surface area (Å²) in [6, 6.07) is 11.5.